The molecule has 4 unspecified atom stereocenters. The molecular weight excluding hydrogens is 140 g/mol. The summed E-state index contributed by atoms with van der Waals surface area (Å²) >= 11 is 4.61. The maximum atomic E-state index is 4.61. The standard InChI is InChI=1S/C9H16S/c1-6-2-3-8-7(6)4-5-9(8)10/h6-10H,2-5H2,1H3. The monoisotopic (exact) mass is 156 g/mol. The molecule has 0 aromatic heterocycles. The first-order valence-electron chi connectivity index (χ1n) is 4.47. The Bertz CT molecular complexity index is 117. The second-order valence-corrected chi connectivity index (χ2v) is 4.69. The highest BCUT2D eigenvalue weighted by Gasteiger charge is 2.41. The summed E-state index contributed by atoms with van der Waals surface area (Å²) < 4.78 is 0. The fourth-order valence-electron chi connectivity index (χ4n) is 2.86. The lowest BCUT2D eigenvalue weighted by atomic mass is 9.94. The molecule has 58 valence electrons. The molecule has 2 aliphatic carbocycles. The molecule has 2 fully saturated rings. The van der Waals surface area contributed by atoms with E-state index in [4.69, 9.17) is 0 Å². The summed E-state index contributed by atoms with van der Waals surface area (Å²) in [6, 6.07) is 0. The van der Waals surface area contributed by atoms with Crippen molar-refractivity contribution in [3.05, 3.63) is 0 Å². The third kappa shape index (κ3) is 0.903. The Morgan fingerprint density at radius 3 is 2.40 bits per heavy atom. The summed E-state index contributed by atoms with van der Waals surface area (Å²) in [6.45, 7) is 2.41. The molecule has 0 radical (unpaired) electrons. The molecule has 0 aromatic rings. The fourth-order valence-corrected chi connectivity index (χ4v) is 3.38. The minimum Gasteiger partial charge on any atom is -0.176 e. The highest BCUT2D eigenvalue weighted by molar-refractivity contribution is 7.81. The smallest absolute Gasteiger partial charge is 0.00479 e. The Morgan fingerprint density at radius 2 is 1.70 bits per heavy atom. The molecule has 2 rings (SSSR count). The van der Waals surface area contributed by atoms with Crippen molar-refractivity contribution in [1.82, 2.24) is 0 Å². The van der Waals surface area contributed by atoms with E-state index in [1.165, 1.54) is 25.7 Å². The largest absolute Gasteiger partial charge is 0.176 e. The zero-order valence-corrected chi connectivity index (χ0v) is 7.48. The number of thiol groups is 1. The van der Waals surface area contributed by atoms with Crippen LogP contribution in [-0.4, -0.2) is 5.25 Å². The van der Waals surface area contributed by atoms with Crippen LogP contribution >= 0.6 is 12.6 Å². The fraction of sp³-hybridized carbons (Fsp3) is 1.00. The van der Waals surface area contributed by atoms with Crippen molar-refractivity contribution in [3.63, 3.8) is 0 Å². The number of fused-ring (bicyclic) bond motifs is 1. The van der Waals surface area contributed by atoms with Gasteiger partial charge in [0.05, 0.1) is 0 Å². The van der Waals surface area contributed by atoms with Gasteiger partial charge in [-0.1, -0.05) is 13.3 Å². The van der Waals surface area contributed by atoms with Gasteiger partial charge in [-0.3, -0.25) is 0 Å². The van der Waals surface area contributed by atoms with Crippen molar-refractivity contribution in [2.75, 3.05) is 0 Å². The van der Waals surface area contributed by atoms with Crippen molar-refractivity contribution >= 4 is 12.6 Å². The van der Waals surface area contributed by atoms with Crippen LogP contribution in [0.3, 0.4) is 0 Å². The first kappa shape index (κ1) is 7.02. The summed E-state index contributed by atoms with van der Waals surface area (Å²) in [4.78, 5) is 0. The second kappa shape index (κ2) is 2.44. The van der Waals surface area contributed by atoms with E-state index in [-0.39, 0.29) is 0 Å². The highest BCUT2D eigenvalue weighted by atomic mass is 32.1. The average molecular weight is 156 g/mol. The Labute approximate surface area is 68.8 Å². The van der Waals surface area contributed by atoms with Crippen LogP contribution in [0.4, 0.5) is 0 Å². The van der Waals surface area contributed by atoms with Crippen molar-refractivity contribution in [2.24, 2.45) is 17.8 Å². The molecule has 0 bridgehead atoms. The van der Waals surface area contributed by atoms with Gasteiger partial charge >= 0.3 is 0 Å². The van der Waals surface area contributed by atoms with Gasteiger partial charge in [0.1, 0.15) is 0 Å². The van der Waals surface area contributed by atoms with Gasteiger partial charge in [0.2, 0.25) is 0 Å². The Hall–Kier alpha value is 0.350. The van der Waals surface area contributed by atoms with Gasteiger partial charge in [-0.2, -0.15) is 12.6 Å². The van der Waals surface area contributed by atoms with Gasteiger partial charge in [0, 0.05) is 5.25 Å². The molecule has 1 heteroatoms. The van der Waals surface area contributed by atoms with Crippen LogP contribution in [0.5, 0.6) is 0 Å². The van der Waals surface area contributed by atoms with E-state index in [0.29, 0.717) is 0 Å². The van der Waals surface area contributed by atoms with E-state index < -0.39 is 0 Å². The van der Waals surface area contributed by atoms with Gasteiger partial charge in [0.15, 0.2) is 0 Å². The summed E-state index contributed by atoms with van der Waals surface area (Å²) in [5.41, 5.74) is 0. The van der Waals surface area contributed by atoms with E-state index in [2.05, 4.69) is 19.6 Å². The predicted molar refractivity (Wildman–Crippen MR) is 47.4 cm³/mol. The molecule has 0 spiro atoms. The van der Waals surface area contributed by atoms with Crippen LogP contribution in [0.1, 0.15) is 32.6 Å². The Kier molecular flexibility index (Phi) is 1.71. The third-order valence-electron chi connectivity index (χ3n) is 3.53. The third-order valence-corrected chi connectivity index (χ3v) is 4.17. The van der Waals surface area contributed by atoms with Crippen LogP contribution in [0.15, 0.2) is 0 Å². The molecule has 0 amide bonds. The Morgan fingerprint density at radius 1 is 1.00 bits per heavy atom. The van der Waals surface area contributed by atoms with E-state index in [9.17, 15) is 0 Å². The van der Waals surface area contributed by atoms with E-state index in [1.54, 1.807) is 0 Å². The molecule has 0 aliphatic heterocycles. The Balaban J connectivity index is 2.09. The molecule has 0 heterocycles. The van der Waals surface area contributed by atoms with Crippen LogP contribution in [0.25, 0.3) is 0 Å². The summed E-state index contributed by atoms with van der Waals surface area (Å²) in [7, 11) is 0. The van der Waals surface area contributed by atoms with E-state index in [1.807, 2.05) is 0 Å². The first-order valence-corrected chi connectivity index (χ1v) is 4.98. The number of hydrogen-bond donors (Lipinski definition) is 1. The minimum absolute atomic E-state index is 0.745. The molecule has 2 aliphatic rings. The minimum atomic E-state index is 0.745. The zero-order chi connectivity index (χ0) is 7.14. The van der Waals surface area contributed by atoms with Crippen LogP contribution in [0.2, 0.25) is 0 Å². The molecule has 0 nitrogen and oxygen atoms in total. The summed E-state index contributed by atoms with van der Waals surface area (Å²) in [5.74, 6) is 3.03. The highest BCUT2D eigenvalue weighted by Crippen LogP contribution is 2.49. The molecule has 0 N–H and O–H groups in total. The normalized spacial score (nSPS) is 53.4. The van der Waals surface area contributed by atoms with Crippen molar-refractivity contribution in [1.29, 1.82) is 0 Å². The van der Waals surface area contributed by atoms with Crippen molar-refractivity contribution in [3.8, 4) is 0 Å². The average Bonchev–Trinajstić information content (AvgIpc) is 2.41. The molecule has 4 atom stereocenters. The van der Waals surface area contributed by atoms with E-state index in [0.717, 1.165) is 23.0 Å². The maximum Gasteiger partial charge on any atom is 0.00479 e. The maximum absolute atomic E-state index is 4.61. The van der Waals surface area contributed by atoms with Gasteiger partial charge in [-0.25, -0.2) is 0 Å². The first-order chi connectivity index (χ1) is 4.79. The summed E-state index contributed by atoms with van der Waals surface area (Å²) in [6.07, 6.45) is 5.76. The van der Waals surface area contributed by atoms with Crippen molar-refractivity contribution < 1.29 is 0 Å². The zero-order valence-electron chi connectivity index (χ0n) is 6.59. The lowest BCUT2D eigenvalue weighted by Gasteiger charge is -2.14. The topological polar surface area (TPSA) is 0 Å². The number of hydrogen-bond acceptors (Lipinski definition) is 1. The lowest BCUT2D eigenvalue weighted by Crippen LogP contribution is -2.10. The van der Waals surface area contributed by atoms with Crippen LogP contribution in [0, 0.1) is 17.8 Å². The van der Waals surface area contributed by atoms with Gasteiger partial charge in [-0.15, -0.1) is 0 Å². The van der Waals surface area contributed by atoms with Crippen molar-refractivity contribution in [2.45, 2.75) is 37.9 Å². The molecule has 2 saturated carbocycles. The van der Waals surface area contributed by atoms with Gasteiger partial charge in [-0.05, 0) is 37.0 Å². The molecule has 10 heavy (non-hydrogen) atoms. The SMILES string of the molecule is CC1CCC2C(S)CCC12. The van der Waals surface area contributed by atoms with Gasteiger partial charge in [0.25, 0.3) is 0 Å². The second-order valence-electron chi connectivity index (χ2n) is 4.03. The lowest BCUT2D eigenvalue weighted by molar-refractivity contribution is 0.379. The van der Waals surface area contributed by atoms with Gasteiger partial charge < -0.3 is 0 Å². The number of rotatable bonds is 0. The molecule has 0 saturated heterocycles. The molecular formula is C9H16S. The predicted octanol–water partition coefficient (Wildman–Crippen LogP) is 2.74. The molecule has 0 aromatic carbocycles. The summed E-state index contributed by atoms with van der Waals surface area (Å²) in [5, 5.41) is 0.745. The quantitative estimate of drug-likeness (QED) is 0.512. The van der Waals surface area contributed by atoms with Crippen LogP contribution < -0.4 is 0 Å². The van der Waals surface area contributed by atoms with Crippen LogP contribution in [-0.2, 0) is 0 Å². The van der Waals surface area contributed by atoms with E-state index >= 15 is 0 Å².